The highest BCUT2D eigenvalue weighted by atomic mass is 32.1. The van der Waals surface area contributed by atoms with Gasteiger partial charge in [0.05, 0.1) is 35.2 Å². The van der Waals surface area contributed by atoms with Gasteiger partial charge in [-0.3, -0.25) is 16.0 Å². The number of fused-ring (bicyclic) bond motifs is 9. The van der Waals surface area contributed by atoms with Gasteiger partial charge in [-0.1, -0.05) is 146 Å². The minimum absolute atomic E-state index is 0.0376. The smallest absolute Gasteiger partial charge is 0.159 e. The van der Waals surface area contributed by atoms with Gasteiger partial charge in [0.1, 0.15) is 5.58 Å². The summed E-state index contributed by atoms with van der Waals surface area (Å²) in [6.45, 7) is 0. The minimum atomic E-state index is -0.0950. The first kappa shape index (κ1) is 32.7. The van der Waals surface area contributed by atoms with Crippen LogP contribution in [0.15, 0.2) is 186 Å². The van der Waals surface area contributed by atoms with E-state index in [9.17, 15) is 0 Å². The summed E-state index contributed by atoms with van der Waals surface area (Å²) >= 11 is 1.86. The van der Waals surface area contributed by atoms with E-state index in [-0.39, 0.29) is 18.5 Å². The number of hydrogen-bond acceptors (Lipinski definition) is 5. The molecule has 57 heavy (non-hydrogen) atoms. The van der Waals surface area contributed by atoms with Crippen LogP contribution < -0.4 is 16.0 Å². The topological polar surface area (TPSA) is 54.2 Å². The molecule has 3 aromatic heterocycles. The van der Waals surface area contributed by atoms with Gasteiger partial charge in [-0.05, 0) is 64.2 Å². The molecule has 272 valence electrons. The monoisotopic (exact) mass is 752 g/mol. The Kier molecular flexibility index (Phi) is 7.46. The van der Waals surface area contributed by atoms with Crippen molar-refractivity contribution >= 4 is 75.3 Å². The van der Waals surface area contributed by atoms with E-state index in [4.69, 9.17) is 4.42 Å². The molecule has 1 saturated heterocycles. The van der Waals surface area contributed by atoms with E-state index in [0.717, 1.165) is 33.2 Å². The molecule has 11 aromatic rings. The maximum atomic E-state index is 6.89. The maximum absolute atomic E-state index is 6.89. The lowest BCUT2D eigenvalue weighted by Gasteiger charge is -2.40. The Morgan fingerprint density at radius 1 is 0.474 bits per heavy atom. The highest BCUT2D eigenvalue weighted by Crippen LogP contribution is 2.45. The second kappa shape index (κ2) is 13.0. The molecule has 0 amide bonds. The van der Waals surface area contributed by atoms with Crippen LogP contribution >= 0.6 is 11.3 Å². The highest BCUT2D eigenvalue weighted by molar-refractivity contribution is 7.26. The molecule has 4 heterocycles. The molecule has 8 aromatic carbocycles. The zero-order chi connectivity index (χ0) is 37.5. The van der Waals surface area contributed by atoms with Gasteiger partial charge in [-0.25, -0.2) is 0 Å². The lowest BCUT2D eigenvalue weighted by Crippen LogP contribution is -2.54. The zero-order valence-corrected chi connectivity index (χ0v) is 31.6. The van der Waals surface area contributed by atoms with Crippen molar-refractivity contribution in [3.63, 3.8) is 0 Å². The fraction of sp³-hybridized carbons (Fsp3) is 0.0588. The molecule has 1 aliphatic rings. The van der Waals surface area contributed by atoms with Crippen LogP contribution in [0.25, 0.3) is 80.7 Å². The first-order valence-corrected chi connectivity index (χ1v) is 20.3. The van der Waals surface area contributed by atoms with Crippen molar-refractivity contribution in [3.05, 3.63) is 199 Å². The van der Waals surface area contributed by atoms with Gasteiger partial charge in [0, 0.05) is 41.7 Å². The van der Waals surface area contributed by atoms with Crippen LogP contribution in [0.1, 0.15) is 35.2 Å². The van der Waals surface area contributed by atoms with Crippen molar-refractivity contribution in [1.82, 2.24) is 20.5 Å². The summed E-state index contributed by atoms with van der Waals surface area (Å²) in [7, 11) is 0. The fourth-order valence-electron chi connectivity index (χ4n) is 9.15. The lowest BCUT2D eigenvalue weighted by molar-refractivity contribution is 0.204. The summed E-state index contributed by atoms with van der Waals surface area (Å²) in [5, 5.41) is 18.9. The average molecular weight is 753 g/mol. The molecule has 5 nitrogen and oxygen atoms in total. The fourth-order valence-corrected chi connectivity index (χ4v) is 10.4. The molecule has 12 rings (SSSR count). The first-order valence-electron chi connectivity index (χ1n) is 19.5. The largest absolute Gasteiger partial charge is 0.454 e. The van der Waals surface area contributed by atoms with Crippen LogP contribution in [0.2, 0.25) is 0 Å². The van der Waals surface area contributed by atoms with Crippen molar-refractivity contribution in [1.29, 1.82) is 0 Å². The Morgan fingerprint density at radius 2 is 1.07 bits per heavy atom. The first-order chi connectivity index (χ1) is 28.3. The molecule has 3 N–H and O–H groups in total. The SMILES string of the molecule is c1ccc(C2NC(c3ccccc3)NC(c3cccc4sc5c(-c6ccc7c(c6)oc6c(-n8c9ccccc9c9ccccc98)cccc67)cccc5c34)N2)cc1. The Labute approximate surface area is 332 Å². The number of aromatic nitrogens is 1. The third kappa shape index (κ3) is 5.19. The normalized spacial score (nSPS) is 17.4. The van der Waals surface area contributed by atoms with Gasteiger partial charge in [0.25, 0.3) is 0 Å². The maximum Gasteiger partial charge on any atom is 0.159 e. The summed E-state index contributed by atoms with van der Waals surface area (Å²) in [4.78, 5) is 0. The predicted octanol–water partition coefficient (Wildman–Crippen LogP) is 12.9. The van der Waals surface area contributed by atoms with E-state index in [0.29, 0.717) is 0 Å². The van der Waals surface area contributed by atoms with Crippen molar-refractivity contribution in [2.75, 3.05) is 0 Å². The standard InChI is InChI=1S/C51H36N4OS/c1-3-14-31(15-4-1)49-52-50(32-16-5-2-6-17-32)54-51(53-49)40-23-13-27-45-46(40)39-22-11-20-34(48(39)57-45)33-28-29-37-38-21-12-26-43(47(38)56-44(37)30-33)55-41-24-9-7-18-35(41)36-19-8-10-25-42(36)55/h1-30,49-54H. The van der Waals surface area contributed by atoms with Crippen LogP contribution in [-0.2, 0) is 0 Å². The Balaban J connectivity index is 0.981. The molecule has 2 unspecified atom stereocenters. The second-order valence-electron chi connectivity index (χ2n) is 15.0. The summed E-state index contributed by atoms with van der Waals surface area (Å²) in [6.07, 6.45) is -0.170. The highest BCUT2D eigenvalue weighted by Gasteiger charge is 2.31. The number of nitrogens with zero attached hydrogens (tertiary/aromatic N) is 1. The van der Waals surface area contributed by atoms with Crippen LogP contribution in [0.5, 0.6) is 0 Å². The van der Waals surface area contributed by atoms with Crippen molar-refractivity contribution in [2.24, 2.45) is 0 Å². The van der Waals surface area contributed by atoms with Crippen molar-refractivity contribution in [2.45, 2.75) is 18.5 Å². The lowest BCUT2D eigenvalue weighted by atomic mass is 9.98. The summed E-state index contributed by atoms with van der Waals surface area (Å²) in [5.74, 6) is 0. The van der Waals surface area contributed by atoms with Crippen LogP contribution in [-0.4, -0.2) is 4.57 Å². The molecule has 0 bridgehead atoms. The van der Waals surface area contributed by atoms with Gasteiger partial charge in [-0.2, -0.15) is 0 Å². The molecule has 6 heteroatoms. The number of nitrogens with one attached hydrogen (secondary N) is 3. The van der Waals surface area contributed by atoms with Gasteiger partial charge in [0.15, 0.2) is 5.58 Å². The predicted molar refractivity (Wildman–Crippen MR) is 237 cm³/mol. The summed E-state index contributed by atoms with van der Waals surface area (Å²) in [6, 6.07) is 65.3. The van der Waals surface area contributed by atoms with E-state index >= 15 is 0 Å². The molecule has 0 spiro atoms. The average Bonchev–Trinajstić information content (AvgIpc) is 3.96. The van der Waals surface area contributed by atoms with Crippen LogP contribution in [0.3, 0.4) is 0 Å². The van der Waals surface area contributed by atoms with E-state index in [1.807, 2.05) is 11.3 Å². The number of thiophene rings is 1. The number of para-hydroxylation sites is 3. The summed E-state index contributed by atoms with van der Waals surface area (Å²) < 4.78 is 11.8. The molecule has 1 aliphatic heterocycles. The zero-order valence-electron chi connectivity index (χ0n) is 30.8. The Morgan fingerprint density at radius 3 is 1.79 bits per heavy atom. The molecular weight excluding hydrogens is 717 g/mol. The van der Waals surface area contributed by atoms with Gasteiger partial charge < -0.3 is 8.98 Å². The third-order valence-corrected chi connectivity index (χ3v) is 12.9. The molecule has 0 saturated carbocycles. The molecule has 0 radical (unpaired) electrons. The molecule has 0 aliphatic carbocycles. The van der Waals surface area contributed by atoms with Gasteiger partial charge in [-0.15, -0.1) is 11.3 Å². The second-order valence-corrected chi connectivity index (χ2v) is 16.0. The number of hydrogen-bond donors (Lipinski definition) is 3. The van der Waals surface area contributed by atoms with Gasteiger partial charge >= 0.3 is 0 Å². The molecule has 1 fully saturated rings. The number of benzene rings is 8. The number of furan rings is 1. The van der Waals surface area contributed by atoms with E-state index in [1.165, 1.54) is 64.2 Å². The Bertz CT molecular complexity index is 3210. The quantitative estimate of drug-likeness (QED) is 0.164. The molecule has 2 atom stereocenters. The summed E-state index contributed by atoms with van der Waals surface area (Å²) in [5.41, 5.74) is 11.2. The third-order valence-electron chi connectivity index (χ3n) is 11.7. The van der Waals surface area contributed by atoms with Crippen LogP contribution in [0.4, 0.5) is 0 Å². The Hall–Kier alpha value is -6.54. The van der Waals surface area contributed by atoms with Gasteiger partial charge in [0.2, 0.25) is 0 Å². The van der Waals surface area contributed by atoms with Crippen LogP contribution in [0, 0.1) is 0 Å². The minimum Gasteiger partial charge on any atom is -0.454 e. The number of rotatable bonds is 5. The molecular formula is C51H36N4OS. The van der Waals surface area contributed by atoms with E-state index in [2.05, 4.69) is 203 Å². The van der Waals surface area contributed by atoms with E-state index in [1.54, 1.807) is 0 Å². The van der Waals surface area contributed by atoms with Crippen molar-refractivity contribution < 1.29 is 4.42 Å². The van der Waals surface area contributed by atoms with E-state index < -0.39 is 0 Å². The van der Waals surface area contributed by atoms with Crippen molar-refractivity contribution in [3.8, 4) is 16.8 Å².